The van der Waals surface area contributed by atoms with Crippen LogP contribution in [0.5, 0.6) is 0 Å². The molecule has 1 N–H and O–H groups in total. The van der Waals surface area contributed by atoms with Gasteiger partial charge in [0.1, 0.15) is 0 Å². The van der Waals surface area contributed by atoms with Crippen LogP contribution < -0.4 is 10.2 Å². The minimum absolute atomic E-state index is 0.00307. The number of ether oxygens (including phenoxy) is 1. The summed E-state index contributed by atoms with van der Waals surface area (Å²) in [7, 11) is 0. The molecular weight excluding hydrogens is 501 g/mol. The predicted molar refractivity (Wildman–Crippen MR) is 139 cm³/mol. The van der Waals surface area contributed by atoms with E-state index in [1.165, 1.54) is 17.8 Å². The maximum absolute atomic E-state index is 13.4. The average Bonchev–Trinajstić information content (AvgIpc) is 3.25. The first kappa shape index (κ1) is 25.2. The lowest BCUT2D eigenvalue weighted by Crippen LogP contribution is -2.37. The van der Waals surface area contributed by atoms with Gasteiger partial charge >= 0.3 is 6.18 Å². The zero-order valence-corrected chi connectivity index (χ0v) is 20.7. The number of nitrogens with zero attached hydrogens (tertiary/aromatic N) is 3. The Morgan fingerprint density at radius 2 is 1.73 bits per heavy atom. The summed E-state index contributed by atoms with van der Waals surface area (Å²) in [5.74, 6) is -0.408. The van der Waals surface area contributed by atoms with Crippen LogP contribution in [0.3, 0.4) is 0 Å². The second kappa shape index (κ2) is 10.9. The van der Waals surface area contributed by atoms with E-state index in [1.807, 2.05) is 64.1 Å². The molecule has 1 saturated heterocycles. The summed E-state index contributed by atoms with van der Waals surface area (Å²) >= 11 is 1.25. The van der Waals surface area contributed by atoms with Crippen molar-refractivity contribution in [3.8, 4) is 0 Å². The van der Waals surface area contributed by atoms with Crippen molar-refractivity contribution >= 4 is 40.1 Å². The fourth-order valence-corrected chi connectivity index (χ4v) is 5.11. The molecule has 1 fully saturated rings. The Kier molecular flexibility index (Phi) is 7.38. The number of halogens is 3. The van der Waals surface area contributed by atoms with Crippen molar-refractivity contribution in [3.05, 3.63) is 83.9 Å². The number of fused-ring (bicyclic) bond motifs is 1. The van der Waals surface area contributed by atoms with Crippen LogP contribution in [-0.4, -0.2) is 47.5 Å². The molecule has 0 saturated carbocycles. The first-order valence-electron chi connectivity index (χ1n) is 11.8. The number of nitrogens with one attached hydrogen (secondary N) is 1. The van der Waals surface area contributed by atoms with Crippen molar-refractivity contribution < 1.29 is 22.7 Å². The standard InChI is InChI=1S/C27H25F3N4O2S/c28-27(29,30)20-10-11-23(33-12-14-36-15-13-33)22(16-20)31-25(35)18-37-26-32-21-8-4-5-9-24(21)34(26)17-19-6-2-1-3-7-19/h1-11,16H,12-15,17-18H2,(H,31,35). The van der Waals surface area contributed by atoms with Crippen molar-refractivity contribution in [3.63, 3.8) is 0 Å². The van der Waals surface area contributed by atoms with Gasteiger partial charge in [0.05, 0.1) is 53.5 Å². The predicted octanol–water partition coefficient (Wildman–Crippen LogP) is 5.67. The van der Waals surface area contributed by atoms with E-state index in [1.54, 1.807) is 0 Å². The first-order valence-corrected chi connectivity index (χ1v) is 12.8. The maximum atomic E-state index is 13.4. The third-order valence-corrected chi connectivity index (χ3v) is 7.06. The van der Waals surface area contributed by atoms with Crippen LogP contribution in [0.4, 0.5) is 24.5 Å². The summed E-state index contributed by atoms with van der Waals surface area (Å²) in [5, 5.41) is 3.38. The number of thioether (sulfide) groups is 1. The number of amides is 1. The molecule has 0 spiro atoms. The zero-order valence-electron chi connectivity index (χ0n) is 19.9. The van der Waals surface area contributed by atoms with Gasteiger partial charge in [-0.3, -0.25) is 4.79 Å². The number of rotatable bonds is 7. The van der Waals surface area contributed by atoms with E-state index < -0.39 is 17.6 Å². The topological polar surface area (TPSA) is 59.4 Å². The normalized spacial score (nSPS) is 14.2. The van der Waals surface area contributed by atoms with Gasteiger partial charge in [-0.2, -0.15) is 13.2 Å². The van der Waals surface area contributed by atoms with E-state index in [0.717, 1.165) is 28.7 Å². The number of aromatic nitrogens is 2. The van der Waals surface area contributed by atoms with Crippen LogP contribution in [0.25, 0.3) is 11.0 Å². The number of carbonyl (C=O) groups excluding carboxylic acids is 1. The van der Waals surface area contributed by atoms with Gasteiger partial charge < -0.3 is 19.5 Å². The molecule has 0 bridgehead atoms. The highest BCUT2D eigenvalue weighted by Gasteiger charge is 2.32. The van der Waals surface area contributed by atoms with Gasteiger partial charge in [-0.25, -0.2) is 4.98 Å². The highest BCUT2D eigenvalue weighted by molar-refractivity contribution is 7.99. The van der Waals surface area contributed by atoms with E-state index in [2.05, 4.69) is 5.32 Å². The molecule has 3 aromatic carbocycles. The van der Waals surface area contributed by atoms with Crippen molar-refractivity contribution in [2.45, 2.75) is 17.9 Å². The summed E-state index contributed by atoms with van der Waals surface area (Å²) < 4.78 is 47.6. The smallest absolute Gasteiger partial charge is 0.378 e. The van der Waals surface area contributed by atoms with Gasteiger partial charge in [0, 0.05) is 13.1 Å². The lowest BCUT2D eigenvalue weighted by atomic mass is 10.1. The molecule has 1 amide bonds. The molecule has 0 atom stereocenters. The molecule has 0 aliphatic carbocycles. The van der Waals surface area contributed by atoms with Crippen LogP contribution in [0.1, 0.15) is 11.1 Å². The number of morpholine rings is 1. The van der Waals surface area contributed by atoms with Crippen LogP contribution in [0, 0.1) is 0 Å². The third kappa shape index (κ3) is 5.91. The molecule has 1 aliphatic heterocycles. The van der Waals surface area contributed by atoms with Crippen LogP contribution in [-0.2, 0) is 22.3 Å². The van der Waals surface area contributed by atoms with Crippen LogP contribution in [0.15, 0.2) is 78.0 Å². The Hall–Kier alpha value is -3.50. The Morgan fingerprint density at radius 1 is 1.00 bits per heavy atom. The second-order valence-corrected chi connectivity index (χ2v) is 9.56. The highest BCUT2D eigenvalue weighted by Crippen LogP contribution is 2.36. The van der Waals surface area contributed by atoms with Crippen LogP contribution >= 0.6 is 11.8 Å². The van der Waals surface area contributed by atoms with E-state index in [4.69, 9.17) is 9.72 Å². The third-order valence-electron chi connectivity index (χ3n) is 6.09. The summed E-state index contributed by atoms with van der Waals surface area (Å²) in [6.07, 6.45) is -4.51. The quantitative estimate of drug-likeness (QED) is 0.315. The summed E-state index contributed by atoms with van der Waals surface area (Å²) in [4.78, 5) is 19.6. The van der Waals surface area contributed by atoms with Gasteiger partial charge in [-0.05, 0) is 35.9 Å². The molecule has 1 aliphatic rings. The number of para-hydroxylation sites is 2. The fraction of sp³-hybridized carbons (Fsp3) is 0.259. The highest BCUT2D eigenvalue weighted by atomic mass is 32.2. The van der Waals surface area contributed by atoms with Crippen molar-refractivity contribution in [1.29, 1.82) is 0 Å². The lowest BCUT2D eigenvalue weighted by Gasteiger charge is -2.31. The number of carbonyl (C=O) groups is 1. The van der Waals surface area contributed by atoms with Crippen molar-refractivity contribution in [1.82, 2.24) is 9.55 Å². The molecule has 6 nitrogen and oxygen atoms in total. The number of alkyl halides is 3. The van der Waals surface area contributed by atoms with Crippen LogP contribution in [0.2, 0.25) is 0 Å². The average molecular weight is 527 g/mol. The molecule has 10 heteroatoms. The number of hydrogen-bond acceptors (Lipinski definition) is 5. The van der Waals surface area contributed by atoms with Gasteiger partial charge in [-0.1, -0.05) is 54.2 Å². The Morgan fingerprint density at radius 3 is 2.49 bits per heavy atom. The van der Waals surface area contributed by atoms with Gasteiger partial charge in [0.2, 0.25) is 5.91 Å². The minimum Gasteiger partial charge on any atom is -0.378 e. The van der Waals surface area contributed by atoms with Gasteiger partial charge in [0.25, 0.3) is 0 Å². The Bertz CT molecular complexity index is 1390. The molecule has 1 aromatic heterocycles. The molecule has 2 heterocycles. The molecule has 5 rings (SSSR count). The van der Waals surface area contributed by atoms with Crippen molar-refractivity contribution in [2.24, 2.45) is 0 Å². The maximum Gasteiger partial charge on any atom is 0.416 e. The lowest BCUT2D eigenvalue weighted by molar-refractivity contribution is -0.137. The Labute approximate surface area is 216 Å². The second-order valence-electron chi connectivity index (χ2n) is 8.62. The number of anilines is 2. The fourth-order valence-electron chi connectivity index (χ4n) is 4.29. The molecule has 0 unspecified atom stereocenters. The summed E-state index contributed by atoms with van der Waals surface area (Å²) in [6, 6.07) is 21.1. The molecule has 192 valence electrons. The van der Waals surface area contributed by atoms with E-state index in [9.17, 15) is 18.0 Å². The Balaban J connectivity index is 1.36. The summed E-state index contributed by atoms with van der Waals surface area (Å²) in [6.45, 7) is 2.60. The molecular formula is C27H25F3N4O2S. The number of benzene rings is 3. The molecule has 0 radical (unpaired) electrons. The summed E-state index contributed by atoms with van der Waals surface area (Å²) in [5.41, 5.74) is 2.73. The van der Waals surface area contributed by atoms with E-state index >= 15 is 0 Å². The van der Waals surface area contributed by atoms with E-state index in [0.29, 0.717) is 43.7 Å². The SMILES string of the molecule is O=C(CSc1nc2ccccc2n1Cc1ccccc1)Nc1cc(C(F)(F)F)ccc1N1CCOCC1. The van der Waals surface area contributed by atoms with Crippen molar-refractivity contribution in [2.75, 3.05) is 42.3 Å². The zero-order chi connectivity index (χ0) is 25.8. The monoisotopic (exact) mass is 526 g/mol. The minimum atomic E-state index is -4.51. The van der Waals surface area contributed by atoms with Gasteiger partial charge in [0.15, 0.2) is 5.16 Å². The largest absolute Gasteiger partial charge is 0.416 e. The molecule has 4 aromatic rings. The number of hydrogen-bond donors (Lipinski definition) is 1. The van der Waals surface area contributed by atoms with Gasteiger partial charge in [-0.15, -0.1) is 0 Å². The molecule has 37 heavy (non-hydrogen) atoms. The van der Waals surface area contributed by atoms with E-state index in [-0.39, 0.29) is 11.4 Å². The first-order chi connectivity index (χ1) is 17.9. The number of imidazole rings is 1.